The average Bonchev–Trinajstić information content (AvgIpc) is 3.02. The molecule has 19 heavy (non-hydrogen) atoms. The number of benzene rings is 1. The zero-order valence-electron chi connectivity index (χ0n) is 11.0. The summed E-state index contributed by atoms with van der Waals surface area (Å²) < 4.78 is 6.31. The van der Waals surface area contributed by atoms with Crippen molar-refractivity contribution < 1.29 is 4.74 Å². The Morgan fingerprint density at radius 2 is 1.32 bits per heavy atom. The van der Waals surface area contributed by atoms with Crippen molar-refractivity contribution in [3.05, 3.63) is 58.7 Å². The molecule has 2 aliphatic carbocycles. The van der Waals surface area contributed by atoms with Gasteiger partial charge in [-0.2, -0.15) is 0 Å². The lowest BCUT2D eigenvalue weighted by Crippen LogP contribution is -2.23. The monoisotopic (exact) mass is 250 g/mol. The third-order valence-corrected chi connectivity index (χ3v) is 5.39. The van der Waals surface area contributed by atoms with Crippen molar-refractivity contribution in [2.45, 2.75) is 37.9 Å². The van der Waals surface area contributed by atoms with Gasteiger partial charge in [0.25, 0.3) is 0 Å². The van der Waals surface area contributed by atoms with Crippen molar-refractivity contribution in [1.29, 1.82) is 0 Å². The lowest BCUT2D eigenvalue weighted by Gasteiger charge is -2.33. The summed E-state index contributed by atoms with van der Waals surface area (Å²) in [6.07, 6.45) is 11.1. The van der Waals surface area contributed by atoms with Crippen molar-refractivity contribution >= 4 is 0 Å². The second-order valence-corrected chi connectivity index (χ2v) is 6.35. The zero-order valence-corrected chi connectivity index (χ0v) is 11.0. The first-order chi connectivity index (χ1) is 9.42. The quantitative estimate of drug-likeness (QED) is 0.659. The van der Waals surface area contributed by atoms with Crippen LogP contribution in [0.15, 0.2) is 47.6 Å². The predicted molar refractivity (Wildman–Crippen MR) is 74.6 cm³/mol. The molecule has 2 fully saturated rings. The summed E-state index contributed by atoms with van der Waals surface area (Å²) in [7, 11) is 0. The Kier molecular flexibility index (Phi) is 1.98. The van der Waals surface area contributed by atoms with Crippen LogP contribution in [0.5, 0.6) is 0 Å². The van der Waals surface area contributed by atoms with Crippen molar-refractivity contribution in [3.63, 3.8) is 0 Å². The van der Waals surface area contributed by atoms with Gasteiger partial charge < -0.3 is 4.74 Å². The minimum absolute atomic E-state index is 0.318. The highest BCUT2D eigenvalue weighted by atomic mass is 16.5. The topological polar surface area (TPSA) is 9.23 Å². The summed E-state index contributed by atoms with van der Waals surface area (Å²) in [6, 6.07) is 8.81. The smallest absolute Gasteiger partial charge is 0.0906 e. The molecule has 0 radical (unpaired) electrons. The highest BCUT2D eigenvalue weighted by Gasteiger charge is 2.51. The molecule has 2 bridgehead atoms. The van der Waals surface area contributed by atoms with E-state index in [1.54, 1.807) is 11.1 Å². The van der Waals surface area contributed by atoms with Crippen LogP contribution in [0.2, 0.25) is 0 Å². The fraction of sp³-hybridized carbons (Fsp3) is 0.444. The molecule has 96 valence electrons. The van der Waals surface area contributed by atoms with E-state index in [9.17, 15) is 0 Å². The van der Waals surface area contributed by atoms with Gasteiger partial charge in [0.2, 0.25) is 0 Å². The second-order valence-electron chi connectivity index (χ2n) is 6.35. The van der Waals surface area contributed by atoms with Crippen LogP contribution in [0.25, 0.3) is 0 Å². The third kappa shape index (κ3) is 1.29. The fourth-order valence-electron chi connectivity index (χ4n) is 4.53. The van der Waals surface area contributed by atoms with Gasteiger partial charge in [-0.3, -0.25) is 0 Å². The fourth-order valence-corrected chi connectivity index (χ4v) is 4.53. The van der Waals surface area contributed by atoms with Crippen molar-refractivity contribution in [1.82, 2.24) is 0 Å². The molecular formula is C18H18O. The van der Waals surface area contributed by atoms with Crippen LogP contribution in [0.1, 0.15) is 49.0 Å². The second kappa shape index (κ2) is 3.61. The summed E-state index contributed by atoms with van der Waals surface area (Å²) in [5, 5.41) is 0. The summed E-state index contributed by atoms with van der Waals surface area (Å²) in [4.78, 5) is 0. The first kappa shape index (κ1) is 10.4. The maximum Gasteiger partial charge on any atom is 0.0906 e. The molecule has 1 nitrogen and oxygen atoms in total. The molecule has 1 aromatic rings. The molecule has 0 spiro atoms. The molecule has 0 unspecified atom stereocenters. The Morgan fingerprint density at radius 1 is 0.789 bits per heavy atom. The lowest BCUT2D eigenvalue weighted by atomic mass is 9.69. The van der Waals surface area contributed by atoms with Gasteiger partial charge in [0, 0.05) is 11.8 Å². The molecule has 2 aliphatic heterocycles. The lowest BCUT2D eigenvalue weighted by molar-refractivity contribution is 0.0602. The van der Waals surface area contributed by atoms with Crippen LogP contribution in [0, 0.1) is 11.8 Å². The Bertz CT molecular complexity index is 557. The van der Waals surface area contributed by atoms with Crippen molar-refractivity contribution in [3.8, 4) is 0 Å². The van der Waals surface area contributed by atoms with Gasteiger partial charge in [-0.1, -0.05) is 36.4 Å². The van der Waals surface area contributed by atoms with E-state index in [0.29, 0.717) is 24.0 Å². The van der Waals surface area contributed by atoms with Crippen molar-refractivity contribution in [2.24, 2.45) is 11.8 Å². The summed E-state index contributed by atoms with van der Waals surface area (Å²) in [6.45, 7) is 0. The van der Waals surface area contributed by atoms with E-state index in [1.807, 2.05) is 0 Å². The molecule has 1 saturated heterocycles. The summed E-state index contributed by atoms with van der Waals surface area (Å²) in [5.74, 6) is 1.19. The maximum atomic E-state index is 6.31. The van der Waals surface area contributed by atoms with Crippen molar-refractivity contribution in [2.75, 3.05) is 0 Å². The molecule has 0 amide bonds. The van der Waals surface area contributed by atoms with Crippen LogP contribution in [0.3, 0.4) is 0 Å². The van der Waals surface area contributed by atoms with Crippen LogP contribution in [0.4, 0.5) is 0 Å². The van der Waals surface area contributed by atoms with Gasteiger partial charge in [-0.25, -0.2) is 0 Å². The van der Waals surface area contributed by atoms with Gasteiger partial charge in [0.15, 0.2) is 0 Å². The number of hydrogen-bond donors (Lipinski definition) is 0. The van der Waals surface area contributed by atoms with Gasteiger partial charge in [0.05, 0.1) is 12.2 Å². The highest BCUT2D eigenvalue weighted by molar-refractivity contribution is 5.46. The minimum Gasteiger partial charge on any atom is -0.364 e. The van der Waals surface area contributed by atoms with Crippen LogP contribution < -0.4 is 0 Å². The zero-order chi connectivity index (χ0) is 12.4. The molecular weight excluding hydrogens is 232 g/mol. The Balaban J connectivity index is 1.63. The number of hydrogen-bond acceptors (Lipinski definition) is 1. The van der Waals surface area contributed by atoms with E-state index in [1.165, 1.54) is 36.8 Å². The number of allylic oxidation sites excluding steroid dienone is 2. The van der Waals surface area contributed by atoms with E-state index in [2.05, 4.69) is 36.4 Å². The predicted octanol–water partition coefficient (Wildman–Crippen LogP) is 4.49. The molecule has 5 rings (SSSR count). The van der Waals surface area contributed by atoms with Crippen LogP contribution in [-0.2, 0) is 4.74 Å². The van der Waals surface area contributed by atoms with Gasteiger partial charge in [0.1, 0.15) is 0 Å². The largest absolute Gasteiger partial charge is 0.364 e. The summed E-state index contributed by atoms with van der Waals surface area (Å²) >= 11 is 0. The first-order valence-corrected chi connectivity index (χ1v) is 7.58. The maximum absolute atomic E-state index is 6.31. The third-order valence-electron chi connectivity index (χ3n) is 5.39. The van der Waals surface area contributed by atoms with Crippen LogP contribution >= 0.6 is 0 Å². The van der Waals surface area contributed by atoms with Crippen LogP contribution in [-0.4, -0.2) is 0 Å². The van der Waals surface area contributed by atoms with Gasteiger partial charge in [-0.15, -0.1) is 0 Å². The Hall–Kier alpha value is -1.34. The van der Waals surface area contributed by atoms with E-state index >= 15 is 0 Å². The van der Waals surface area contributed by atoms with E-state index in [0.717, 1.165) is 0 Å². The molecule has 1 aromatic carbocycles. The number of fused-ring (bicyclic) bond motifs is 9. The minimum atomic E-state index is 0.318. The molecule has 0 N–H and O–H groups in total. The van der Waals surface area contributed by atoms with E-state index in [4.69, 9.17) is 4.74 Å². The molecule has 4 aliphatic rings. The summed E-state index contributed by atoms with van der Waals surface area (Å²) in [5.41, 5.74) is 6.14. The molecule has 4 atom stereocenters. The average molecular weight is 250 g/mol. The molecule has 1 heteroatoms. The molecule has 2 heterocycles. The number of rotatable bonds is 0. The number of ether oxygens (including phenoxy) is 1. The SMILES string of the molecule is C1=C2CCCCC2=C[C@H]2[C@@H]1[C@H]1O[C@@H]2c2ccccc21. The molecule has 1 saturated carbocycles. The Morgan fingerprint density at radius 3 is 1.84 bits per heavy atom. The van der Waals surface area contributed by atoms with Gasteiger partial charge in [-0.05, 0) is 48.0 Å². The first-order valence-electron chi connectivity index (χ1n) is 7.58. The van der Waals surface area contributed by atoms with E-state index in [-0.39, 0.29) is 0 Å². The highest BCUT2D eigenvalue weighted by Crippen LogP contribution is 2.60. The molecule has 0 aromatic heterocycles. The standard InChI is InChI=1S/C18H18O/c1-2-6-12-10-16-15(9-11(12)5-1)17-13-7-3-4-8-14(13)18(16)19-17/h3-4,7-10,15-18H,1-2,5-6H2/t15-,16+,17+,18-. The van der Waals surface area contributed by atoms with Gasteiger partial charge >= 0.3 is 0 Å². The Labute approximate surface area is 114 Å². The van der Waals surface area contributed by atoms with E-state index < -0.39 is 0 Å². The normalized spacial score (nSPS) is 38.1.